The summed E-state index contributed by atoms with van der Waals surface area (Å²) in [5.74, 6) is 0.180. The molecule has 0 saturated heterocycles. The van der Waals surface area contributed by atoms with Gasteiger partial charge in [0.2, 0.25) is 0 Å². The van der Waals surface area contributed by atoms with Gasteiger partial charge in [-0.1, -0.05) is 5.16 Å². The Bertz CT molecular complexity index is 139. The van der Waals surface area contributed by atoms with Gasteiger partial charge in [-0.05, 0) is 6.92 Å². The van der Waals surface area contributed by atoms with Crippen molar-refractivity contribution in [1.82, 2.24) is 0 Å². The Labute approximate surface area is 72.1 Å². The minimum absolute atomic E-state index is 0.0453. The predicted octanol–water partition coefficient (Wildman–Crippen LogP) is 0.174. The maximum atomic E-state index is 8.24. The lowest BCUT2D eigenvalue weighted by Crippen LogP contribution is -2.21. The summed E-state index contributed by atoms with van der Waals surface area (Å²) < 4.78 is 10.0. The molecular formula is C7H16N2O3. The van der Waals surface area contributed by atoms with Gasteiger partial charge < -0.3 is 20.4 Å². The van der Waals surface area contributed by atoms with Crippen LogP contribution in [-0.2, 0) is 9.47 Å². The number of hydrogen-bond acceptors (Lipinski definition) is 4. The zero-order chi connectivity index (χ0) is 9.40. The highest BCUT2D eigenvalue weighted by atomic mass is 16.5. The van der Waals surface area contributed by atoms with Crippen LogP contribution in [0.3, 0.4) is 0 Å². The highest BCUT2D eigenvalue weighted by Gasteiger charge is 2.04. The quantitative estimate of drug-likeness (QED) is 0.199. The minimum Gasteiger partial charge on any atom is -0.409 e. The van der Waals surface area contributed by atoms with Crippen LogP contribution in [0.15, 0.2) is 5.16 Å². The third-order valence-electron chi connectivity index (χ3n) is 1.31. The highest BCUT2D eigenvalue weighted by Crippen LogP contribution is 1.96. The standard InChI is InChI=1S/C7H16N2O3/c1-6(5-7(8)9-10)12-4-3-11-2/h6,10H,3-5H2,1-2H3,(H2,8,9). The summed E-state index contributed by atoms with van der Waals surface area (Å²) >= 11 is 0. The number of rotatable bonds is 6. The number of oxime groups is 1. The largest absolute Gasteiger partial charge is 0.409 e. The molecule has 72 valence electrons. The van der Waals surface area contributed by atoms with Gasteiger partial charge in [0.15, 0.2) is 0 Å². The smallest absolute Gasteiger partial charge is 0.141 e. The Hall–Kier alpha value is -0.810. The van der Waals surface area contributed by atoms with Crippen LogP contribution in [0, 0.1) is 0 Å². The van der Waals surface area contributed by atoms with E-state index >= 15 is 0 Å². The van der Waals surface area contributed by atoms with Crippen LogP contribution in [0.5, 0.6) is 0 Å². The average molecular weight is 176 g/mol. The molecular weight excluding hydrogens is 160 g/mol. The first-order valence-corrected chi connectivity index (χ1v) is 3.77. The topological polar surface area (TPSA) is 77.1 Å². The van der Waals surface area contributed by atoms with Gasteiger partial charge in [0.05, 0.1) is 19.3 Å². The zero-order valence-corrected chi connectivity index (χ0v) is 7.49. The van der Waals surface area contributed by atoms with E-state index in [0.717, 1.165) is 0 Å². The van der Waals surface area contributed by atoms with E-state index in [-0.39, 0.29) is 11.9 Å². The van der Waals surface area contributed by atoms with Crippen LogP contribution in [0.4, 0.5) is 0 Å². The van der Waals surface area contributed by atoms with Gasteiger partial charge >= 0.3 is 0 Å². The van der Waals surface area contributed by atoms with Crippen molar-refractivity contribution < 1.29 is 14.7 Å². The van der Waals surface area contributed by atoms with Crippen molar-refractivity contribution in [3.63, 3.8) is 0 Å². The number of methoxy groups -OCH3 is 1. The second kappa shape index (κ2) is 6.87. The first-order valence-electron chi connectivity index (χ1n) is 3.77. The summed E-state index contributed by atoms with van der Waals surface area (Å²) in [5.41, 5.74) is 5.27. The second-order valence-corrected chi connectivity index (χ2v) is 2.47. The van der Waals surface area contributed by atoms with Gasteiger partial charge in [0.25, 0.3) is 0 Å². The molecule has 0 aromatic carbocycles. The van der Waals surface area contributed by atoms with Crippen molar-refractivity contribution >= 4 is 5.84 Å². The van der Waals surface area contributed by atoms with Gasteiger partial charge in [0.1, 0.15) is 5.84 Å². The second-order valence-electron chi connectivity index (χ2n) is 2.47. The molecule has 0 aromatic rings. The van der Waals surface area contributed by atoms with E-state index in [4.69, 9.17) is 20.4 Å². The molecule has 0 amide bonds. The van der Waals surface area contributed by atoms with Crippen LogP contribution >= 0.6 is 0 Å². The van der Waals surface area contributed by atoms with Crippen molar-refractivity contribution in [2.75, 3.05) is 20.3 Å². The summed E-state index contributed by atoms with van der Waals surface area (Å²) in [6.45, 7) is 2.94. The number of amidine groups is 1. The van der Waals surface area contributed by atoms with Gasteiger partial charge in [-0.25, -0.2) is 0 Å². The number of hydrogen-bond donors (Lipinski definition) is 2. The normalized spacial score (nSPS) is 14.7. The Morgan fingerprint density at radius 1 is 1.58 bits per heavy atom. The van der Waals surface area contributed by atoms with E-state index in [9.17, 15) is 0 Å². The first-order chi connectivity index (χ1) is 5.70. The monoisotopic (exact) mass is 176 g/mol. The number of ether oxygens (including phenoxy) is 2. The number of nitrogens with zero attached hydrogens (tertiary/aromatic N) is 1. The Morgan fingerprint density at radius 3 is 2.75 bits per heavy atom. The van der Waals surface area contributed by atoms with Crippen molar-refractivity contribution in [2.45, 2.75) is 19.4 Å². The molecule has 0 aliphatic rings. The average Bonchev–Trinajstić information content (AvgIpc) is 2.05. The Kier molecular flexibility index (Phi) is 6.41. The summed E-state index contributed by atoms with van der Waals surface area (Å²) in [5, 5.41) is 11.1. The molecule has 1 unspecified atom stereocenters. The molecule has 12 heavy (non-hydrogen) atoms. The summed E-state index contributed by atoms with van der Waals surface area (Å²) in [6.07, 6.45) is 0.385. The summed E-state index contributed by atoms with van der Waals surface area (Å²) in [7, 11) is 1.61. The van der Waals surface area contributed by atoms with Gasteiger partial charge in [0, 0.05) is 13.5 Å². The molecule has 0 heterocycles. The van der Waals surface area contributed by atoms with Crippen LogP contribution < -0.4 is 5.73 Å². The fourth-order valence-electron chi connectivity index (χ4n) is 0.727. The van der Waals surface area contributed by atoms with Crippen LogP contribution in [0.25, 0.3) is 0 Å². The van der Waals surface area contributed by atoms with E-state index in [1.165, 1.54) is 0 Å². The molecule has 3 N–H and O–H groups in total. The van der Waals surface area contributed by atoms with E-state index in [0.29, 0.717) is 19.6 Å². The lowest BCUT2D eigenvalue weighted by Gasteiger charge is -2.10. The van der Waals surface area contributed by atoms with E-state index in [2.05, 4.69) is 5.16 Å². The maximum absolute atomic E-state index is 8.24. The fourth-order valence-corrected chi connectivity index (χ4v) is 0.727. The highest BCUT2D eigenvalue weighted by molar-refractivity contribution is 5.79. The van der Waals surface area contributed by atoms with Crippen LogP contribution in [0.1, 0.15) is 13.3 Å². The zero-order valence-electron chi connectivity index (χ0n) is 7.49. The summed E-state index contributed by atoms with van der Waals surface area (Å²) in [4.78, 5) is 0. The predicted molar refractivity (Wildman–Crippen MR) is 45.3 cm³/mol. The molecule has 0 rings (SSSR count). The summed E-state index contributed by atoms with van der Waals surface area (Å²) in [6, 6.07) is 0. The van der Waals surface area contributed by atoms with Crippen molar-refractivity contribution in [2.24, 2.45) is 10.9 Å². The van der Waals surface area contributed by atoms with Gasteiger partial charge in [-0.2, -0.15) is 0 Å². The van der Waals surface area contributed by atoms with E-state index < -0.39 is 0 Å². The third-order valence-corrected chi connectivity index (χ3v) is 1.31. The van der Waals surface area contributed by atoms with Gasteiger partial charge in [-0.3, -0.25) is 0 Å². The molecule has 0 saturated carbocycles. The van der Waals surface area contributed by atoms with E-state index in [1.54, 1.807) is 7.11 Å². The maximum Gasteiger partial charge on any atom is 0.141 e. The SMILES string of the molecule is COCCOC(C)CC(N)=NO. The minimum atomic E-state index is -0.0453. The molecule has 0 aliphatic carbocycles. The molecule has 0 radical (unpaired) electrons. The number of nitrogens with two attached hydrogens (primary N) is 1. The molecule has 0 aromatic heterocycles. The van der Waals surface area contributed by atoms with Crippen LogP contribution in [-0.4, -0.2) is 37.5 Å². The molecule has 0 bridgehead atoms. The van der Waals surface area contributed by atoms with Crippen molar-refractivity contribution in [3.05, 3.63) is 0 Å². The molecule has 0 fully saturated rings. The lowest BCUT2D eigenvalue weighted by atomic mass is 10.3. The molecule has 0 aliphatic heterocycles. The molecule has 5 heteroatoms. The van der Waals surface area contributed by atoms with Crippen molar-refractivity contribution in [3.8, 4) is 0 Å². The first kappa shape index (κ1) is 11.2. The van der Waals surface area contributed by atoms with E-state index in [1.807, 2.05) is 6.92 Å². The van der Waals surface area contributed by atoms with Gasteiger partial charge in [-0.15, -0.1) is 0 Å². The van der Waals surface area contributed by atoms with Crippen LogP contribution in [0.2, 0.25) is 0 Å². The van der Waals surface area contributed by atoms with Crippen molar-refractivity contribution in [1.29, 1.82) is 0 Å². The molecule has 5 nitrogen and oxygen atoms in total. The fraction of sp³-hybridized carbons (Fsp3) is 0.857. The lowest BCUT2D eigenvalue weighted by molar-refractivity contribution is 0.0294. The third kappa shape index (κ3) is 5.94. The molecule has 0 spiro atoms. The Morgan fingerprint density at radius 2 is 2.25 bits per heavy atom. The Balaban J connectivity index is 3.39. The molecule has 1 atom stereocenters.